The maximum atomic E-state index is 11.9. The van der Waals surface area contributed by atoms with E-state index < -0.39 is 5.54 Å². The summed E-state index contributed by atoms with van der Waals surface area (Å²) in [5, 5.41) is 2.80. The molecule has 3 N–H and O–H groups in total. The molecule has 1 amide bonds. The number of fused-ring (bicyclic) bond motifs is 5. The normalized spacial score (nSPS) is 53.9. The Bertz CT molecular complexity index is 353. The van der Waals surface area contributed by atoms with E-state index in [1.165, 1.54) is 0 Å². The van der Waals surface area contributed by atoms with E-state index in [1.54, 1.807) is 0 Å². The van der Waals surface area contributed by atoms with Crippen LogP contribution in [0.2, 0.25) is 0 Å². The molecule has 3 nitrogen and oxygen atoms in total. The second-order valence-corrected chi connectivity index (χ2v) is 4.84. The SMILES string of the molecule is C=C1NC(=O)[C@]2(N)C3C=CC(C3)[C@]12C. The molecule has 14 heavy (non-hydrogen) atoms. The summed E-state index contributed by atoms with van der Waals surface area (Å²) in [6, 6.07) is 0. The van der Waals surface area contributed by atoms with E-state index in [-0.39, 0.29) is 17.2 Å². The first-order valence-electron chi connectivity index (χ1n) is 4.99. The van der Waals surface area contributed by atoms with Crippen LogP contribution in [-0.4, -0.2) is 11.4 Å². The second kappa shape index (κ2) is 1.96. The van der Waals surface area contributed by atoms with Crippen molar-refractivity contribution < 1.29 is 4.79 Å². The molecule has 0 spiro atoms. The number of nitrogens with two attached hydrogens (primary N) is 1. The summed E-state index contributed by atoms with van der Waals surface area (Å²) in [5.41, 5.74) is 6.07. The predicted molar refractivity (Wildman–Crippen MR) is 53.0 cm³/mol. The van der Waals surface area contributed by atoms with Gasteiger partial charge < -0.3 is 11.1 Å². The Balaban J connectivity index is 2.26. The van der Waals surface area contributed by atoms with E-state index in [4.69, 9.17) is 5.73 Å². The van der Waals surface area contributed by atoms with Crippen molar-refractivity contribution in [2.75, 3.05) is 0 Å². The minimum atomic E-state index is -0.747. The lowest BCUT2D eigenvalue weighted by Crippen LogP contribution is -2.58. The quantitative estimate of drug-likeness (QED) is 0.548. The zero-order chi connectivity index (χ0) is 10.1. The van der Waals surface area contributed by atoms with Crippen LogP contribution < -0.4 is 11.1 Å². The number of hydrogen-bond donors (Lipinski definition) is 2. The molecule has 0 aromatic carbocycles. The van der Waals surface area contributed by atoms with Crippen LogP contribution in [0.15, 0.2) is 24.4 Å². The lowest BCUT2D eigenvalue weighted by Gasteiger charge is -2.39. The van der Waals surface area contributed by atoms with Crippen molar-refractivity contribution in [3.63, 3.8) is 0 Å². The van der Waals surface area contributed by atoms with Gasteiger partial charge in [0.05, 0.1) is 0 Å². The molecule has 3 heteroatoms. The van der Waals surface area contributed by atoms with E-state index in [1.807, 2.05) is 0 Å². The first kappa shape index (κ1) is 8.24. The highest BCUT2D eigenvalue weighted by atomic mass is 16.2. The van der Waals surface area contributed by atoms with Crippen molar-refractivity contribution in [2.45, 2.75) is 18.9 Å². The highest BCUT2D eigenvalue weighted by Gasteiger charge is 2.70. The molecule has 3 rings (SSSR count). The lowest BCUT2D eigenvalue weighted by atomic mass is 9.65. The summed E-state index contributed by atoms with van der Waals surface area (Å²) in [6.45, 7) is 5.99. The second-order valence-electron chi connectivity index (χ2n) is 4.84. The van der Waals surface area contributed by atoms with Gasteiger partial charge >= 0.3 is 0 Å². The largest absolute Gasteiger partial charge is 0.328 e. The van der Waals surface area contributed by atoms with E-state index in [2.05, 4.69) is 31.0 Å². The zero-order valence-corrected chi connectivity index (χ0v) is 8.21. The molecule has 0 aromatic heterocycles. The monoisotopic (exact) mass is 190 g/mol. The molecule has 74 valence electrons. The lowest BCUT2D eigenvalue weighted by molar-refractivity contribution is -0.125. The van der Waals surface area contributed by atoms with E-state index in [0.29, 0.717) is 5.92 Å². The summed E-state index contributed by atoms with van der Waals surface area (Å²) in [6.07, 6.45) is 5.27. The molecule has 1 heterocycles. The number of nitrogens with one attached hydrogen (secondary N) is 1. The smallest absolute Gasteiger partial charge is 0.245 e. The van der Waals surface area contributed by atoms with Crippen molar-refractivity contribution in [2.24, 2.45) is 23.0 Å². The molecule has 1 saturated carbocycles. The fourth-order valence-corrected chi connectivity index (χ4v) is 3.40. The van der Waals surface area contributed by atoms with Gasteiger partial charge in [0, 0.05) is 17.0 Å². The predicted octanol–water partition coefficient (Wildman–Crippen LogP) is 0.540. The highest BCUT2D eigenvalue weighted by Crippen LogP contribution is 2.62. The van der Waals surface area contributed by atoms with Crippen molar-refractivity contribution in [3.05, 3.63) is 24.4 Å². The van der Waals surface area contributed by atoms with Crippen LogP contribution in [0.5, 0.6) is 0 Å². The third-order valence-electron chi connectivity index (χ3n) is 4.54. The molecule has 3 aliphatic rings. The molecule has 0 radical (unpaired) electrons. The Morgan fingerprint density at radius 1 is 1.57 bits per heavy atom. The van der Waals surface area contributed by atoms with Crippen molar-refractivity contribution >= 4 is 5.91 Å². The first-order valence-corrected chi connectivity index (χ1v) is 4.99. The van der Waals surface area contributed by atoms with Gasteiger partial charge in [0.15, 0.2) is 0 Å². The van der Waals surface area contributed by atoms with Gasteiger partial charge in [-0.3, -0.25) is 4.79 Å². The van der Waals surface area contributed by atoms with Gasteiger partial charge in [0.1, 0.15) is 5.54 Å². The number of allylic oxidation sites excluding steroid dienone is 1. The number of hydrogen-bond acceptors (Lipinski definition) is 2. The van der Waals surface area contributed by atoms with Gasteiger partial charge in [0.25, 0.3) is 0 Å². The average Bonchev–Trinajstić information content (AvgIpc) is 2.73. The van der Waals surface area contributed by atoms with Crippen LogP contribution in [0.3, 0.4) is 0 Å². The fraction of sp³-hybridized carbons (Fsp3) is 0.545. The molecule has 1 saturated heterocycles. The minimum absolute atomic E-state index is 0.0538. The van der Waals surface area contributed by atoms with Crippen molar-refractivity contribution in [3.8, 4) is 0 Å². The Hall–Kier alpha value is -1.09. The van der Waals surface area contributed by atoms with Crippen LogP contribution in [0.4, 0.5) is 0 Å². The summed E-state index contributed by atoms with van der Waals surface area (Å²) < 4.78 is 0. The molecular weight excluding hydrogens is 176 g/mol. The van der Waals surface area contributed by atoms with E-state index in [9.17, 15) is 4.79 Å². The average molecular weight is 190 g/mol. The molecule has 2 bridgehead atoms. The Morgan fingerprint density at radius 2 is 2.21 bits per heavy atom. The molecule has 1 aliphatic heterocycles. The van der Waals surface area contributed by atoms with Gasteiger partial charge in [-0.2, -0.15) is 0 Å². The molecule has 4 atom stereocenters. The van der Waals surface area contributed by atoms with Crippen LogP contribution >= 0.6 is 0 Å². The summed E-state index contributed by atoms with van der Waals surface area (Å²) in [7, 11) is 0. The van der Waals surface area contributed by atoms with E-state index >= 15 is 0 Å². The Kier molecular flexibility index (Phi) is 1.15. The number of amides is 1. The van der Waals surface area contributed by atoms with Gasteiger partial charge in [-0.1, -0.05) is 25.7 Å². The van der Waals surface area contributed by atoms with Crippen molar-refractivity contribution in [1.82, 2.24) is 5.32 Å². The number of carbonyl (C=O) groups is 1. The molecule has 2 unspecified atom stereocenters. The standard InChI is InChI=1S/C11H14N2O/c1-6-10(2)7-3-4-8(5-7)11(10,12)9(14)13-6/h3-4,7-8H,1,5,12H2,2H3,(H,13,14)/t7?,8?,10-,11+/m0/s1. The molecule has 0 aromatic rings. The maximum Gasteiger partial charge on any atom is 0.245 e. The maximum absolute atomic E-state index is 11.9. The highest BCUT2D eigenvalue weighted by molar-refractivity contribution is 5.94. The van der Waals surface area contributed by atoms with Crippen LogP contribution in [0, 0.1) is 17.3 Å². The topological polar surface area (TPSA) is 55.1 Å². The molecule has 2 aliphatic carbocycles. The summed E-state index contributed by atoms with van der Waals surface area (Å²) in [4.78, 5) is 11.9. The third-order valence-corrected chi connectivity index (χ3v) is 4.54. The van der Waals surface area contributed by atoms with Crippen LogP contribution in [0.1, 0.15) is 13.3 Å². The third kappa shape index (κ3) is 0.531. The first-order chi connectivity index (χ1) is 6.51. The van der Waals surface area contributed by atoms with Crippen LogP contribution in [0.25, 0.3) is 0 Å². The summed E-state index contributed by atoms with van der Waals surface area (Å²) in [5.74, 6) is 0.516. The van der Waals surface area contributed by atoms with Gasteiger partial charge in [0.2, 0.25) is 5.91 Å². The Morgan fingerprint density at radius 3 is 2.86 bits per heavy atom. The molecule has 2 fully saturated rings. The fourth-order valence-electron chi connectivity index (χ4n) is 3.40. The number of carbonyl (C=O) groups excluding carboxylic acids is 1. The Labute approximate surface area is 83.0 Å². The minimum Gasteiger partial charge on any atom is -0.328 e. The zero-order valence-electron chi connectivity index (χ0n) is 8.21. The van der Waals surface area contributed by atoms with Gasteiger partial charge in [-0.15, -0.1) is 0 Å². The van der Waals surface area contributed by atoms with Crippen molar-refractivity contribution in [1.29, 1.82) is 0 Å². The summed E-state index contributed by atoms with van der Waals surface area (Å²) >= 11 is 0. The van der Waals surface area contributed by atoms with Crippen LogP contribution in [-0.2, 0) is 4.79 Å². The van der Waals surface area contributed by atoms with Gasteiger partial charge in [-0.25, -0.2) is 0 Å². The number of rotatable bonds is 0. The van der Waals surface area contributed by atoms with E-state index in [0.717, 1.165) is 12.1 Å². The van der Waals surface area contributed by atoms with Gasteiger partial charge in [-0.05, 0) is 12.3 Å². The molecular formula is C11H14N2O.